The van der Waals surface area contributed by atoms with E-state index in [9.17, 15) is 0 Å². The van der Waals surface area contributed by atoms with Crippen molar-refractivity contribution in [3.8, 4) is 0 Å². The standard InChI is InChI=1S/C5H10O5.4Ac/c6-2-1-10-5(9)4(8)3(2)7;;;;/h2-9H,1H2;;;;. The van der Waals surface area contributed by atoms with Crippen LogP contribution >= 0.6 is 0 Å². The minimum Gasteiger partial charge on any atom is -0.388 e. The predicted octanol–water partition coefficient (Wildman–Crippen LogP) is -2.58. The molecule has 0 aromatic carbocycles. The molecular formula is C5H10Ac4O5. The van der Waals surface area contributed by atoms with Crippen molar-refractivity contribution in [3.63, 3.8) is 0 Å². The molecular weight excluding hydrogens is 1050 g/mol. The molecule has 0 saturated carbocycles. The molecule has 9 heteroatoms. The monoisotopic (exact) mass is 1060 g/mol. The van der Waals surface area contributed by atoms with Gasteiger partial charge in [-0.25, -0.2) is 0 Å². The molecule has 0 aromatic rings. The van der Waals surface area contributed by atoms with Crippen molar-refractivity contribution >= 4 is 0 Å². The Hall–Kier alpha value is 5.57. The molecule has 1 rings (SSSR count). The quantitative estimate of drug-likeness (QED) is 0.215. The maximum atomic E-state index is 8.88. The van der Waals surface area contributed by atoms with Crippen molar-refractivity contribution in [3.05, 3.63) is 0 Å². The molecule has 4 atom stereocenters. The largest absolute Gasteiger partial charge is 0.388 e. The van der Waals surface area contributed by atoms with E-state index in [0.29, 0.717) is 0 Å². The van der Waals surface area contributed by atoms with Gasteiger partial charge in [0.25, 0.3) is 0 Å². The summed E-state index contributed by atoms with van der Waals surface area (Å²) in [5.41, 5.74) is 0. The molecule has 5 nitrogen and oxygen atoms in total. The Morgan fingerprint density at radius 2 is 1.21 bits per heavy atom. The van der Waals surface area contributed by atoms with Crippen LogP contribution in [0.4, 0.5) is 0 Å². The number of aliphatic hydroxyl groups excluding tert-OH is 4. The fraction of sp³-hybridized carbons (Fsp3) is 1.00. The third-order valence-electron chi connectivity index (χ3n) is 1.47. The van der Waals surface area contributed by atoms with Gasteiger partial charge in [-0.3, -0.25) is 0 Å². The number of hydrogen-bond acceptors (Lipinski definition) is 5. The van der Waals surface area contributed by atoms with E-state index in [1.807, 2.05) is 0 Å². The number of ether oxygens (including phenoxy) is 1. The molecule has 0 amide bonds. The summed E-state index contributed by atoms with van der Waals surface area (Å²) in [7, 11) is 0. The van der Waals surface area contributed by atoms with Gasteiger partial charge in [0.15, 0.2) is 6.29 Å². The van der Waals surface area contributed by atoms with Crippen LogP contribution in [-0.2, 0) is 4.74 Å². The summed E-state index contributed by atoms with van der Waals surface area (Å²) in [4.78, 5) is 0. The van der Waals surface area contributed by atoms with Crippen LogP contribution in [0.2, 0.25) is 0 Å². The molecule has 0 aliphatic carbocycles. The third kappa shape index (κ3) is 9.47. The van der Waals surface area contributed by atoms with Crippen LogP contribution in [0.25, 0.3) is 0 Å². The van der Waals surface area contributed by atoms with E-state index in [4.69, 9.17) is 20.4 Å². The van der Waals surface area contributed by atoms with Crippen LogP contribution in [0.5, 0.6) is 0 Å². The Labute approximate surface area is 226 Å². The van der Waals surface area contributed by atoms with Gasteiger partial charge in [0, 0.05) is 176 Å². The third-order valence-corrected chi connectivity index (χ3v) is 1.47. The van der Waals surface area contributed by atoms with Crippen molar-refractivity contribution in [1.29, 1.82) is 0 Å². The smallest absolute Gasteiger partial charge is 0.183 e. The van der Waals surface area contributed by atoms with Crippen molar-refractivity contribution < 1.29 is 201 Å². The maximum Gasteiger partial charge on any atom is 0.183 e. The summed E-state index contributed by atoms with van der Waals surface area (Å²) >= 11 is 0. The molecule has 1 fully saturated rings. The minimum atomic E-state index is -1.41. The number of hydrogen-bond donors (Lipinski definition) is 4. The molecule has 4 radical (unpaired) electrons. The second-order valence-corrected chi connectivity index (χ2v) is 2.27. The Morgan fingerprint density at radius 3 is 1.57 bits per heavy atom. The number of aliphatic hydroxyl groups is 4. The van der Waals surface area contributed by atoms with E-state index in [2.05, 4.69) is 4.74 Å². The van der Waals surface area contributed by atoms with Gasteiger partial charge >= 0.3 is 0 Å². The fourth-order valence-electron chi connectivity index (χ4n) is 0.791. The fourth-order valence-corrected chi connectivity index (χ4v) is 0.791. The van der Waals surface area contributed by atoms with Gasteiger partial charge in [-0.05, 0) is 0 Å². The van der Waals surface area contributed by atoms with Crippen molar-refractivity contribution in [2.45, 2.75) is 24.6 Å². The molecule has 1 aliphatic rings. The van der Waals surface area contributed by atoms with E-state index < -0.39 is 24.6 Å². The average Bonchev–Trinajstić information content (AvgIpc) is 1.93. The Balaban J connectivity index is -0.000000125. The maximum absolute atomic E-state index is 8.88. The molecule has 1 aliphatic heterocycles. The van der Waals surface area contributed by atoms with Gasteiger partial charge in [0.1, 0.15) is 18.3 Å². The first-order chi connectivity index (χ1) is 4.63. The molecule has 0 bridgehead atoms. The van der Waals surface area contributed by atoms with Gasteiger partial charge in [-0.1, -0.05) is 0 Å². The van der Waals surface area contributed by atoms with Crippen LogP contribution in [0.1, 0.15) is 0 Å². The van der Waals surface area contributed by atoms with Gasteiger partial charge < -0.3 is 25.2 Å². The molecule has 0 spiro atoms. The van der Waals surface area contributed by atoms with E-state index in [0.717, 1.165) is 0 Å². The zero-order valence-corrected chi connectivity index (χ0v) is 26.5. The Bertz CT molecular complexity index is 115. The van der Waals surface area contributed by atoms with E-state index in [1.54, 1.807) is 0 Å². The van der Waals surface area contributed by atoms with Crippen molar-refractivity contribution in [2.75, 3.05) is 6.61 Å². The van der Waals surface area contributed by atoms with E-state index >= 15 is 0 Å². The van der Waals surface area contributed by atoms with Crippen LogP contribution in [-0.4, -0.2) is 51.6 Å². The first-order valence-electron chi connectivity index (χ1n) is 2.97. The predicted molar refractivity (Wildman–Crippen MR) is 30.0 cm³/mol. The first-order valence-corrected chi connectivity index (χ1v) is 2.97. The zero-order valence-electron chi connectivity index (χ0n) is 7.52. The Kier molecular flexibility index (Phi) is 29.8. The summed E-state index contributed by atoms with van der Waals surface area (Å²) in [5, 5.41) is 35.3. The second kappa shape index (κ2) is 15.0. The molecule has 1 saturated heterocycles. The molecule has 4 N–H and O–H groups in total. The number of rotatable bonds is 0. The van der Waals surface area contributed by atoms with Gasteiger partial charge in [-0.15, -0.1) is 0 Å². The Morgan fingerprint density at radius 1 is 0.786 bits per heavy atom. The summed E-state index contributed by atoms with van der Waals surface area (Å²) in [6, 6.07) is 0. The molecule has 14 heavy (non-hydrogen) atoms. The SMILES string of the molecule is OC1COC(O)C(O)C1O.[Ac].[Ac].[Ac].[Ac]. The van der Waals surface area contributed by atoms with Crippen LogP contribution < -0.4 is 0 Å². The second-order valence-electron chi connectivity index (χ2n) is 2.27. The van der Waals surface area contributed by atoms with Crippen LogP contribution in [0.15, 0.2) is 0 Å². The average molecular weight is 1060 g/mol. The van der Waals surface area contributed by atoms with Crippen molar-refractivity contribution in [2.24, 2.45) is 0 Å². The van der Waals surface area contributed by atoms with Gasteiger partial charge in [-0.2, -0.15) is 0 Å². The summed E-state index contributed by atoms with van der Waals surface area (Å²) < 4.78 is 4.47. The van der Waals surface area contributed by atoms with E-state index in [-0.39, 0.29) is 183 Å². The minimum absolute atomic E-state index is 0. The van der Waals surface area contributed by atoms with Crippen LogP contribution in [0.3, 0.4) is 0 Å². The molecule has 1 heterocycles. The first kappa shape index (κ1) is 27.8. The van der Waals surface area contributed by atoms with E-state index in [1.165, 1.54) is 0 Å². The topological polar surface area (TPSA) is 90.2 Å². The molecule has 4 unspecified atom stereocenters. The van der Waals surface area contributed by atoms with Crippen LogP contribution in [0, 0.1) is 176 Å². The van der Waals surface area contributed by atoms with Gasteiger partial charge in [0.2, 0.25) is 0 Å². The zero-order chi connectivity index (χ0) is 7.72. The normalized spacial score (nSPS) is 35.1. The molecule has 72 valence electrons. The van der Waals surface area contributed by atoms with Crippen molar-refractivity contribution in [1.82, 2.24) is 0 Å². The summed E-state index contributed by atoms with van der Waals surface area (Å²) in [5.74, 6) is 0. The summed E-state index contributed by atoms with van der Waals surface area (Å²) in [6.45, 7) is -0.153. The van der Waals surface area contributed by atoms with Gasteiger partial charge in [0.05, 0.1) is 6.61 Å². The molecule has 0 aromatic heterocycles. The summed E-state index contributed by atoms with van der Waals surface area (Å²) in [6.07, 6.45) is -5.23.